The zero-order valence-electron chi connectivity index (χ0n) is 19.0. The Balaban J connectivity index is 1.81. The van der Waals surface area contributed by atoms with Gasteiger partial charge in [0.2, 0.25) is 15.9 Å². The van der Waals surface area contributed by atoms with Crippen molar-refractivity contribution in [1.82, 2.24) is 9.21 Å². The van der Waals surface area contributed by atoms with Crippen LogP contribution in [0.3, 0.4) is 0 Å². The van der Waals surface area contributed by atoms with Crippen molar-refractivity contribution in [2.24, 2.45) is 0 Å². The summed E-state index contributed by atoms with van der Waals surface area (Å²) in [6.45, 7) is 4.26. The van der Waals surface area contributed by atoms with E-state index in [1.54, 1.807) is 29.2 Å². The van der Waals surface area contributed by atoms with Crippen LogP contribution in [0.25, 0.3) is 0 Å². The number of ether oxygens (including phenoxy) is 2. The van der Waals surface area contributed by atoms with Gasteiger partial charge >= 0.3 is 0 Å². The van der Waals surface area contributed by atoms with Crippen LogP contribution in [0.4, 0.5) is 0 Å². The molecule has 33 heavy (non-hydrogen) atoms. The van der Waals surface area contributed by atoms with Gasteiger partial charge in [0, 0.05) is 26.2 Å². The van der Waals surface area contributed by atoms with Gasteiger partial charge in [-0.2, -0.15) is 9.57 Å². The molecule has 0 N–H and O–H groups in total. The summed E-state index contributed by atoms with van der Waals surface area (Å²) < 4.78 is 38.4. The lowest BCUT2D eigenvalue weighted by Gasteiger charge is -2.27. The topological polar surface area (TPSA) is 99.9 Å². The number of hydrogen-bond acceptors (Lipinski definition) is 6. The van der Waals surface area contributed by atoms with Crippen molar-refractivity contribution < 1.29 is 22.7 Å². The number of hydrogen-bond donors (Lipinski definition) is 0. The van der Waals surface area contributed by atoms with Crippen LogP contribution in [0.5, 0.6) is 5.75 Å². The molecular formula is C24H29N3O5S. The number of amides is 1. The van der Waals surface area contributed by atoms with E-state index >= 15 is 0 Å². The first-order chi connectivity index (χ1) is 15.9. The predicted octanol–water partition coefficient (Wildman–Crippen LogP) is 2.57. The number of nitriles is 1. The minimum Gasteiger partial charge on any atom is -0.495 e. The van der Waals surface area contributed by atoms with Crippen molar-refractivity contribution in [1.29, 1.82) is 5.26 Å². The monoisotopic (exact) mass is 471 g/mol. The fourth-order valence-corrected chi connectivity index (χ4v) is 5.33. The summed E-state index contributed by atoms with van der Waals surface area (Å²) in [7, 11) is -2.34. The highest BCUT2D eigenvalue weighted by atomic mass is 32.2. The molecule has 176 valence electrons. The molecule has 0 atom stereocenters. The normalized spacial score (nSPS) is 14.5. The summed E-state index contributed by atoms with van der Waals surface area (Å²) in [5, 5.41) is 8.97. The first-order valence-corrected chi connectivity index (χ1v) is 12.3. The van der Waals surface area contributed by atoms with Crippen LogP contribution in [-0.2, 0) is 32.5 Å². The van der Waals surface area contributed by atoms with Gasteiger partial charge in [0.25, 0.3) is 0 Å². The van der Waals surface area contributed by atoms with Gasteiger partial charge in [-0.05, 0) is 41.8 Å². The Morgan fingerprint density at radius 2 is 1.82 bits per heavy atom. The lowest BCUT2D eigenvalue weighted by molar-refractivity contribution is -0.131. The van der Waals surface area contributed by atoms with Gasteiger partial charge in [0.05, 0.1) is 38.4 Å². The number of rotatable bonds is 9. The molecule has 1 fully saturated rings. The molecule has 0 unspecified atom stereocenters. The van der Waals surface area contributed by atoms with Crippen molar-refractivity contribution in [2.45, 2.75) is 31.2 Å². The summed E-state index contributed by atoms with van der Waals surface area (Å²) >= 11 is 0. The Morgan fingerprint density at radius 3 is 2.42 bits per heavy atom. The maximum Gasteiger partial charge on any atom is 0.246 e. The van der Waals surface area contributed by atoms with Crippen LogP contribution in [0.1, 0.15) is 30.0 Å². The molecule has 2 aromatic rings. The molecule has 9 heteroatoms. The summed E-state index contributed by atoms with van der Waals surface area (Å²) in [5.74, 6) is 0.154. The Morgan fingerprint density at radius 1 is 1.15 bits per heavy atom. The predicted molar refractivity (Wildman–Crippen MR) is 123 cm³/mol. The van der Waals surface area contributed by atoms with Crippen LogP contribution >= 0.6 is 0 Å². The lowest BCUT2D eigenvalue weighted by atomic mass is 10.1. The van der Waals surface area contributed by atoms with E-state index < -0.39 is 10.0 Å². The number of morpholine rings is 1. The maximum atomic E-state index is 13.2. The third kappa shape index (κ3) is 6.11. The Hall–Kier alpha value is -2.93. The van der Waals surface area contributed by atoms with Crippen molar-refractivity contribution in [3.8, 4) is 11.8 Å². The molecule has 0 bridgehead atoms. The fourth-order valence-electron chi connectivity index (χ4n) is 3.71. The zero-order chi connectivity index (χ0) is 23.8. The average molecular weight is 472 g/mol. The van der Waals surface area contributed by atoms with E-state index in [0.29, 0.717) is 37.4 Å². The second-order valence-corrected chi connectivity index (χ2v) is 9.71. The molecule has 1 aliphatic heterocycles. The number of sulfonamides is 1. The molecule has 0 spiro atoms. The van der Waals surface area contributed by atoms with E-state index in [-0.39, 0.29) is 36.1 Å². The van der Waals surface area contributed by atoms with E-state index in [4.69, 9.17) is 14.7 Å². The highest BCUT2D eigenvalue weighted by Crippen LogP contribution is 2.29. The van der Waals surface area contributed by atoms with Crippen molar-refractivity contribution in [3.05, 3.63) is 59.2 Å². The standard InChI is InChI=1S/C24H29N3O5S/c1-3-10-26(18-20-6-4-19(17-25)5-7-20)24(28)16-21-8-9-22(31-2)23(15-21)33(29,30)27-11-13-32-14-12-27/h4-9,15H,3,10-14,16,18H2,1-2H3. The first-order valence-electron chi connectivity index (χ1n) is 10.9. The van der Waals surface area contributed by atoms with Crippen LogP contribution in [0, 0.1) is 11.3 Å². The summed E-state index contributed by atoms with van der Waals surface area (Å²) in [6, 6.07) is 14.1. The molecule has 1 saturated heterocycles. The molecule has 1 aliphatic rings. The second kappa shape index (κ2) is 11.3. The van der Waals surface area contributed by atoms with Crippen LogP contribution < -0.4 is 4.74 Å². The zero-order valence-corrected chi connectivity index (χ0v) is 19.8. The van der Waals surface area contributed by atoms with E-state index in [9.17, 15) is 13.2 Å². The van der Waals surface area contributed by atoms with E-state index in [1.807, 2.05) is 19.1 Å². The molecule has 3 rings (SSSR count). The maximum absolute atomic E-state index is 13.2. The minimum absolute atomic E-state index is 0.0614. The fraction of sp³-hybridized carbons (Fsp3) is 0.417. The molecule has 0 aliphatic carbocycles. The number of methoxy groups -OCH3 is 1. The van der Waals surface area contributed by atoms with Gasteiger partial charge in [-0.1, -0.05) is 25.1 Å². The van der Waals surface area contributed by atoms with Crippen LogP contribution in [0.2, 0.25) is 0 Å². The minimum atomic E-state index is -3.77. The smallest absolute Gasteiger partial charge is 0.246 e. The Bertz CT molecular complexity index is 1100. The number of carbonyl (C=O) groups excluding carboxylic acids is 1. The van der Waals surface area contributed by atoms with Gasteiger partial charge in [-0.3, -0.25) is 4.79 Å². The summed E-state index contributed by atoms with van der Waals surface area (Å²) in [6.07, 6.45) is 0.868. The number of carbonyl (C=O) groups is 1. The molecule has 8 nitrogen and oxygen atoms in total. The molecule has 0 aromatic heterocycles. The molecule has 0 radical (unpaired) electrons. The highest BCUT2D eigenvalue weighted by Gasteiger charge is 2.29. The third-order valence-corrected chi connectivity index (χ3v) is 7.39. The van der Waals surface area contributed by atoms with Crippen molar-refractivity contribution in [3.63, 3.8) is 0 Å². The average Bonchev–Trinajstić information content (AvgIpc) is 2.84. The molecule has 1 heterocycles. The lowest BCUT2D eigenvalue weighted by Crippen LogP contribution is -2.40. The SMILES string of the molecule is CCCN(Cc1ccc(C#N)cc1)C(=O)Cc1ccc(OC)c(S(=O)(=O)N2CCOCC2)c1. The van der Waals surface area contributed by atoms with Gasteiger partial charge in [0.1, 0.15) is 10.6 Å². The van der Waals surface area contributed by atoms with Crippen molar-refractivity contribution in [2.75, 3.05) is 40.0 Å². The van der Waals surface area contributed by atoms with E-state index in [2.05, 4.69) is 6.07 Å². The largest absolute Gasteiger partial charge is 0.495 e. The second-order valence-electron chi connectivity index (χ2n) is 7.80. The quantitative estimate of drug-likeness (QED) is 0.557. The van der Waals surface area contributed by atoms with Gasteiger partial charge in [-0.15, -0.1) is 0 Å². The molecular weight excluding hydrogens is 442 g/mol. The highest BCUT2D eigenvalue weighted by molar-refractivity contribution is 7.89. The summed E-state index contributed by atoms with van der Waals surface area (Å²) in [4.78, 5) is 14.9. The third-order valence-electron chi connectivity index (χ3n) is 5.47. The number of nitrogens with zero attached hydrogens (tertiary/aromatic N) is 3. The first kappa shape index (κ1) is 24.7. The van der Waals surface area contributed by atoms with Crippen LogP contribution in [-0.4, -0.2) is 63.5 Å². The Labute approximate surface area is 195 Å². The molecule has 1 amide bonds. The Kier molecular flexibility index (Phi) is 8.44. The molecule has 2 aromatic carbocycles. The van der Waals surface area contributed by atoms with Crippen molar-refractivity contribution >= 4 is 15.9 Å². The van der Waals surface area contributed by atoms with Gasteiger partial charge < -0.3 is 14.4 Å². The van der Waals surface area contributed by atoms with Crippen LogP contribution in [0.15, 0.2) is 47.4 Å². The summed E-state index contributed by atoms with van der Waals surface area (Å²) in [5.41, 5.74) is 2.11. The van der Waals surface area contributed by atoms with Gasteiger partial charge in [-0.25, -0.2) is 8.42 Å². The molecule has 0 saturated carbocycles. The van der Waals surface area contributed by atoms with E-state index in [0.717, 1.165) is 12.0 Å². The number of benzene rings is 2. The van der Waals surface area contributed by atoms with E-state index in [1.165, 1.54) is 17.5 Å². The van der Waals surface area contributed by atoms with Gasteiger partial charge in [0.15, 0.2) is 0 Å².